The summed E-state index contributed by atoms with van der Waals surface area (Å²) >= 11 is 3.83. The van der Waals surface area contributed by atoms with Crippen LogP contribution >= 0.6 is 15.9 Å². The molecular weight excluding hydrogens is 472 g/mol. The largest absolute Gasteiger partial charge is 0.497 e. The normalized spacial score (nSPS) is 22.7. The van der Waals surface area contributed by atoms with Crippen LogP contribution in [0.3, 0.4) is 0 Å². The maximum atomic E-state index is 5.63. The average molecular weight is 501 g/mol. The molecule has 1 aromatic heterocycles. The van der Waals surface area contributed by atoms with Gasteiger partial charge >= 0.3 is 0 Å². The highest BCUT2D eigenvalue weighted by atomic mass is 79.9. The van der Waals surface area contributed by atoms with E-state index in [0.717, 1.165) is 44.6 Å². The summed E-state index contributed by atoms with van der Waals surface area (Å²) in [5.74, 6) is 1.51. The lowest BCUT2D eigenvalue weighted by Gasteiger charge is -2.51. The summed E-state index contributed by atoms with van der Waals surface area (Å²) in [6.07, 6.45) is 3.31. The predicted molar refractivity (Wildman–Crippen MR) is 138 cm³/mol. The van der Waals surface area contributed by atoms with Crippen LogP contribution in [0.4, 0.5) is 0 Å². The van der Waals surface area contributed by atoms with Crippen LogP contribution in [0.1, 0.15) is 28.8 Å². The van der Waals surface area contributed by atoms with Gasteiger partial charge in [-0.05, 0) is 72.7 Å². The SMILES string of the molecule is COc1cccc([C@@]23CCN(Cc4ccccc4)CC2Cc2c([nH]c4cccc(Br)c24)C3)c1. The third kappa shape index (κ3) is 3.60. The number of nitrogens with one attached hydrogen (secondary N) is 1. The number of piperidine rings is 1. The number of nitrogens with zero attached hydrogens (tertiary/aromatic N) is 1. The summed E-state index contributed by atoms with van der Waals surface area (Å²) < 4.78 is 6.83. The first-order chi connectivity index (χ1) is 16.2. The Balaban J connectivity index is 1.42. The Morgan fingerprint density at radius 2 is 1.91 bits per heavy atom. The van der Waals surface area contributed by atoms with Crippen molar-refractivity contribution in [1.82, 2.24) is 9.88 Å². The molecule has 2 heterocycles. The van der Waals surface area contributed by atoms with Crippen molar-refractivity contribution in [2.45, 2.75) is 31.2 Å². The second kappa shape index (κ2) is 8.34. The molecule has 3 aromatic carbocycles. The van der Waals surface area contributed by atoms with Crippen molar-refractivity contribution >= 4 is 26.8 Å². The average Bonchev–Trinajstić information content (AvgIpc) is 3.21. The summed E-state index contributed by atoms with van der Waals surface area (Å²) in [4.78, 5) is 6.45. The molecule has 1 aliphatic heterocycles. The van der Waals surface area contributed by atoms with E-state index < -0.39 is 0 Å². The number of fused-ring (bicyclic) bond motifs is 4. The third-order valence-corrected chi connectivity index (χ3v) is 8.60. The second-order valence-electron chi connectivity index (χ2n) is 9.68. The van der Waals surface area contributed by atoms with Gasteiger partial charge in [0, 0.05) is 39.6 Å². The molecule has 1 saturated heterocycles. The molecule has 6 rings (SSSR count). The van der Waals surface area contributed by atoms with E-state index in [4.69, 9.17) is 4.74 Å². The van der Waals surface area contributed by atoms with Crippen molar-refractivity contribution in [3.05, 3.63) is 99.7 Å². The molecule has 3 nitrogen and oxygen atoms in total. The van der Waals surface area contributed by atoms with Crippen LogP contribution in [0.25, 0.3) is 10.9 Å². The van der Waals surface area contributed by atoms with Gasteiger partial charge in [0.25, 0.3) is 0 Å². The van der Waals surface area contributed by atoms with Crippen molar-refractivity contribution in [3.63, 3.8) is 0 Å². The van der Waals surface area contributed by atoms with Crippen molar-refractivity contribution in [1.29, 1.82) is 0 Å². The van der Waals surface area contributed by atoms with Crippen molar-refractivity contribution in [2.24, 2.45) is 5.92 Å². The van der Waals surface area contributed by atoms with Crippen molar-refractivity contribution in [2.75, 3.05) is 20.2 Å². The Morgan fingerprint density at radius 3 is 2.76 bits per heavy atom. The number of hydrogen-bond donors (Lipinski definition) is 1. The van der Waals surface area contributed by atoms with Crippen LogP contribution < -0.4 is 4.74 Å². The number of halogens is 1. The van der Waals surface area contributed by atoms with E-state index in [0.29, 0.717) is 5.92 Å². The van der Waals surface area contributed by atoms with Crippen LogP contribution in [0, 0.1) is 5.92 Å². The molecule has 0 saturated carbocycles. The maximum Gasteiger partial charge on any atom is 0.119 e. The van der Waals surface area contributed by atoms with E-state index >= 15 is 0 Å². The van der Waals surface area contributed by atoms with Crippen LogP contribution in [-0.2, 0) is 24.8 Å². The van der Waals surface area contributed by atoms with Gasteiger partial charge in [-0.3, -0.25) is 4.90 Å². The fourth-order valence-electron chi connectivity index (χ4n) is 6.29. The number of methoxy groups -OCH3 is 1. The zero-order chi connectivity index (χ0) is 22.4. The lowest BCUT2D eigenvalue weighted by Crippen LogP contribution is -2.53. The van der Waals surface area contributed by atoms with E-state index in [-0.39, 0.29) is 5.41 Å². The first-order valence-electron chi connectivity index (χ1n) is 11.8. The van der Waals surface area contributed by atoms with Gasteiger partial charge in [-0.2, -0.15) is 0 Å². The lowest BCUT2D eigenvalue weighted by atomic mass is 9.58. The molecule has 1 unspecified atom stereocenters. The number of aromatic amines is 1. The number of likely N-dealkylation sites (tertiary alicyclic amines) is 1. The lowest BCUT2D eigenvalue weighted by molar-refractivity contribution is 0.0765. The molecule has 1 aliphatic carbocycles. The zero-order valence-corrected chi connectivity index (χ0v) is 20.6. The minimum Gasteiger partial charge on any atom is -0.497 e. The fraction of sp³-hybridized carbons (Fsp3) is 0.310. The van der Waals surface area contributed by atoms with Gasteiger partial charge in [0.15, 0.2) is 0 Å². The zero-order valence-electron chi connectivity index (χ0n) is 19.0. The monoisotopic (exact) mass is 500 g/mol. The minimum atomic E-state index is 0.127. The topological polar surface area (TPSA) is 28.3 Å². The molecule has 1 fully saturated rings. The first-order valence-corrected chi connectivity index (χ1v) is 12.6. The minimum absolute atomic E-state index is 0.127. The molecule has 0 radical (unpaired) electrons. The van der Waals surface area contributed by atoms with Crippen LogP contribution in [0.5, 0.6) is 5.75 Å². The summed E-state index contributed by atoms with van der Waals surface area (Å²) in [6.45, 7) is 3.25. The highest BCUT2D eigenvalue weighted by Gasteiger charge is 2.48. The first kappa shape index (κ1) is 21.0. The molecule has 1 N–H and O–H groups in total. The van der Waals surface area contributed by atoms with E-state index in [1.54, 1.807) is 7.11 Å². The van der Waals surface area contributed by atoms with Gasteiger partial charge in [0.1, 0.15) is 5.75 Å². The van der Waals surface area contributed by atoms with Gasteiger partial charge in [-0.15, -0.1) is 0 Å². The Labute approximate surface area is 203 Å². The summed E-state index contributed by atoms with van der Waals surface area (Å²) in [7, 11) is 1.77. The molecule has 168 valence electrons. The molecule has 33 heavy (non-hydrogen) atoms. The highest BCUT2D eigenvalue weighted by molar-refractivity contribution is 9.10. The van der Waals surface area contributed by atoms with Crippen LogP contribution in [0.2, 0.25) is 0 Å². The van der Waals surface area contributed by atoms with E-state index in [2.05, 4.69) is 98.6 Å². The predicted octanol–water partition coefficient (Wildman–Crippen LogP) is 6.50. The van der Waals surface area contributed by atoms with Crippen molar-refractivity contribution in [3.8, 4) is 5.75 Å². The Morgan fingerprint density at radius 1 is 1.06 bits per heavy atom. The summed E-state index contributed by atoms with van der Waals surface area (Å²) in [5.41, 5.74) is 7.11. The number of ether oxygens (including phenoxy) is 1. The molecular formula is C29H29BrN2O. The number of rotatable bonds is 4. The Hall–Kier alpha value is -2.56. The van der Waals surface area contributed by atoms with Gasteiger partial charge in [0.05, 0.1) is 7.11 Å². The van der Waals surface area contributed by atoms with Crippen LogP contribution in [0.15, 0.2) is 77.3 Å². The maximum absolute atomic E-state index is 5.63. The molecule has 2 aliphatic rings. The van der Waals surface area contributed by atoms with Crippen LogP contribution in [-0.4, -0.2) is 30.1 Å². The number of aromatic nitrogens is 1. The molecule has 0 spiro atoms. The van der Waals surface area contributed by atoms with Gasteiger partial charge in [-0.25, -0.2) is 0 Å². The highest BCUT2D eigenvalue weighted by Crippen LogP contribution is 2.50. The standard InChI is InChI=1S/C29H29BrN2O/c1-33-23-10-5-9-21(15-23)29-13-14-32(18-20-7-3-2-4-8-20)19-22(29)16-24-27(17-29)31-26-12-6-11-25(30)28(24)26/h2-12,15,22,31H,13-14,16-19H2,1H3/t22?,29-/m0/s1. The molecule has 0 amide bonds. The van der Waals surface area contributed by atoms with Gasteiger partial charge < -0.3 is 9.72 Å². The van der Waals surface area contributed by atoms with E-state index in [1.165, 1.54) is 37.8 Å². The molecule has 0 bridgehead atoms. The van der Waals surface area contributed by atoms with Gasteiger partial charge in [-0.1, -0.05) is 64.5 Å². The van der Waals surface area contributed by atoms with E-state index in [9.17, 15) is 0 Å². The number of hydrogen-bond acceptors (Lipinski definition) is 2. The number of benzene rings is 3. The quantitative estimate of drug-likeness (QED) is 0.346. The molecule has 4 aromatic rings. The summed E-state index contributed by atoms with van der Waals surface area (Å²) in [5, 5.41) is 1.37. The Bertz CT molecular complexity index is 1300. The van der Waals surface area contributed by atoms with Gasteiger partial charge in [0.2, 0.25) is 0 Å². The molecule has 4 heteroatoms. The van der Waals surface area contributed by atoms with Crippen molar-refractivity contribution < 1.29 is 4.74 Å². The summed E-state index contributed by atoms with van der Waals surface area (Å²) in [6, 6.07) is 26.2. The third-order valence-electron chi connectivity index (χ3n) is 7.94. The Kier molecular flexibility index (Phi) is 5.31. The van der Waals surface area contributed by atoms with E-state index in [1.807, 2.05) is 0 Å². The smallest absolute Gasteiger partial charge is 0.119 e. The number of H-pyrrole nitrogens is 1. The fourth-order valence-corrected chi connectivity index (χ4v) is 6.90. The second-order valence-corrected chi connectivity index (χ2v) is 10.5. The molecule has 2 atom stereocenters.